The number of halogens is 1. The lowest BCUT2D eigenvalue weighted by Crippen LogP contribution is -2.36. The van der Waals surface area contributed by atoms with Crippen LogP contribution >= 0.6 is 0 Å². The van der Waals surface area contributed by atoms with Gasteiger partial charge in [-0.25, -0.2) is 9.18 Å². The van der Waals surface area contributed by atoms with E-state index in [1.54, 1.807) is 30.3 Å². The fraction of sp³-hybridized carbons (Fsp3) is 0.486. The van der Waals surface area contributed by atoms with Gasteiger partial charge in [0, 0.05) is 25.3 Å². The Balaban J connectivity index is 1.35. The second-order valence-corrected chi connectivity index (χ2v) is 11.8. The summed E-state index contributed by atoms with van der Waals surface area (Å²) in [6.07, 6.45) is 14.8. The highest BCUT2D eigenvalue weighted by molar-refractivity contribution is 5.87. The number of nitrogens with zero attached hydrogens (tertiary/aromatic N) is 1. The SMILES string of the molecule is CCOC1=C(c2ccc(F)cc2)C(OCC)C=CC(CCCC2CCCCN(Cc3cccc(C(=O)O)c3)C(O)CCC2)=C1. The summed E-state index contributed by atoms with van der Waals surface area (Å²) in [6, 6.07) is 13.5. The van der Waals surface area contributed by atoms with Crippen molar-refractivity contribution in [2.75, 3.05) is 19.8 Å². The van der Waals surface area contributed by atoms with E-state index in [4.69, 9.17) is 9.47 Å². The standard InChI is InChI=1S/C37H48FNO5/c1-3-43-33-22-17-28(25-34(44-4-2)36(33)30-18-20-32(38)21-19-30)13-7-11-27-10-5-6-23-39(35(40)16-9-12-27)26-29-14-8-15-31(24-29)37(41)42/h8,14-15,17-22,24-25,27,33,35,40H,3-7,9-13,16,23,26H2,1-2H3,(H,41,42). The molecule has 3 unspecified atom stereocenters. The molecule has 4 rings (SSSR count). The number of carbonyl (C=O) groups is 1. The Morgan fingerprint density at radius 2 is 1.82 bits per heavy atom. The first kappa shape index (κ1) is 33.6. The molecule has 2 N–H and O–H groups in total. The molecule has 6 nitrogen and oxygen atoms in total. The van der Waals surface area contributed by atoms with Gasteiger partial charge in [0.25, 0.3) is 0 Å². The van der Waals surface area contributed by atoms with Gasteiger partial charge in [0.2, 0.25) is 0 Å². The molecule has 1 aliphatic carbocycles. The van der Waals surface area contributed by atoms with Crippen LogP contribution in [0.15, 0.2) is 78.1 Å². The zero-order chi connectivity index (χ0) is 31.3. The van der Waals surface area contributed by atoms with E-state index < -0.39 is 12.2 Å². The molecule has 7 heteroatoms. The fourth-order valence-electron chi connectivity index (χ4n) is 6.34. The van der Waals surface area contributed by atoms with Crippen LogP contribution in [0.2, 0.25) is 0 Å². The molecule has 44 heavy (non-hydrogen) atoms. The molecule has 1 saturated heterocycles. The van der Waals surface area contributed by atoms with Crippen LogP contribution < -0.4 is 0 Å². The molecule has 0 saturated carbocycles. The molecule has 2 aromatic carbocycles. The van der Waals surface area contributed by atoms with E-state index in [2.05, 4.69) is 23.1 Å². The van der Waals surface area contributed by atoms with Gasteiger partial charge in [-0.05, 0) is 98.9 Å². The summed E-state index contributed by atoms with van der Waals surface area (Å²) in [5.74, 6) is 0.214. The smallest absolute Gasteiger partial charge is 0.335 e. The summed E-state index contributed by atoms with van der Waals surface area (Å²) in [6.45, 7) is 6.39. The molecule has 1 fully saturated rings. The number of allylic oxidation sites excluding steroid dienone is 3. The molecule has 2 aromatic rings. The number of aliphatic hydroxyl groups excluding tert-OH is 1. The number of ether oxygens (including phenoxy) is 2. The first-order chi connectivity index (χ1) is 21.4. The van der Waals surface area contributed by atoms with Crippen LogP contribution in [0.1, 0.15) is 93.1 Å². The average molecular weight is 606 g/mol. The van der Waals surface area contributed by atoms with Gasteiger partial charge < -0.3 is 19.7 Å². The molecule has 0 aromatic heterocycles. The van der Waals surface area contributed by atoms with Crippen LogP contribution in [0, 0.1) is 11.7 Å². The van der Waals surface area contributed by atoms with Crippen molar-refractivity contribution in [1.82, 2.24) is 4.90 Å². The number of aromatic carboxylic acids is 1. The second kappa shape index (κ2) is 17.3. The van der Waals surface area contributed by atoms with Gasteiger partial charge in [0.05, 0.1) is 12.2 Å². The van der Waals surface area contributed by atoms with Crippen LogP contribution in [-0.2, 0) is 16.0 Å². The number of hydrogen-bond donors (Lipinski definition) is 2. The Morgan fingerprint density at radius 1 is 1.02 bits per heavy atom. The first-order valence-corrected chi connectivity index (χ1v) is 16.3. The minimum absolute atomic E-state index is 0.267. The molecule has 0 bridgehead atoms. The van der Waals surface area contributed by atoms with Crippen molar-refractivity contribution in [3.05, 3.63) is 101 Å². The van der Waals surface area contributed by atoms with Crippen LogP contribution in [0.4, 0.5) is 4.39 Å². The van der Waals surface area contributed by atoms with E-state index in [9.17, 15) is 19.4 Å². The van der Waals surface area contributed by atoms with E-state index in [-0.39, 0.29) is 17.5 Å². The lowest BCUT2D eigenvalue weighted by Gasteiger charge is -2.30. The highest BCUT2D eigenvalue weighted by Crippen LogP contribution is 2.33. The Kier molecular flexibility index (Phi) is 13.2. The summed E-state index contributed by atoms with van der Waals surface area (Å²) < 4.78 is 25.9. The largest absolute Gasteiger partial charge is 0.493 e. The molecule has 2 aliphatic rings. The van der Waals surface area contributed by atoms with Crippen molar-refractivity contribution in [1.29, 1.82) is 0 Å². The van der Waals surface area contributed by atoms with Gasteiger partial charge in [-0.1, -0.05) is 62.1 Å². The van der Waals surface area contributed by atoms with Crippen LogP contribution in [0.3, 0.4) is 0 Å². The van der Waals surface area contributed by atoms with Crippen LogP contribution in [-0.4, -0.2) is 53.2 Å². The summed E-state index contributed by atoms with van der Waals surface area (Å²) in [4.78, 5) is 13.5. The van der Waals surface area contributed by atoms with E-state index in [0.29, 0.717) is 25.7 Å². The van der Waals surface area contributed by atoms with Gasteiger partial charge in [-0.15, -0.1) is 0 Å². The Labute approximate surface area is 261 Å². The monoisotopic (exact) mass is 605 g/mol. The molecule has 3 atom stereocenters. The minimum Gasteiger partial charge on any atom is -0.493 e. The van der Waals surface area contributed by atoms with Gasteiger partial charge in [0.15, 0.2) is 0 Å². The number of benzene rings is 2. The molecule has 0 spiro atoms. The fourth-order valence-corrected chi connectivity index (χ4v) is 6.34. The number of rotatable bonds is 12. The maximum absolute atomic E-state index is 13.7. The zero-order valence-corrected chi connectivity index (χ0v) is 26.2. The van der Waals surface area contributed by atoms with Crippen molar-refractivity contribution in [3.63, 3.8) is 0 Å². The van der Waals surface area contributed by atoms with E-state index >= 15 is 0 Å². The predicted molar refractivity (Wildman–Crippen MR) is 172 cm³/mol. The van der Waals surface area contributed by atoms with Crippen LogP contribution in [0.5, 0.6) is 0 Å². The highest BCUT2D eigenvalue weighted by Gasteiger charge is 2.23. The van der Waals surface area contributed by atoms with Crippen molar-refractivity contribution in [2.24, 2.45) is 5.92 Å². The molecular weight excluding hydrogens is 557 g/mol. The molecule has 238 valence electrons. The lowest BCUT2D eigenvalue weighted by atomic mass is 9.89. The normalized spacial score (nSPS) is 21.9. The number of carboxylic acid groups (broad SMARTS) is 1. The summed E-state index contributed by atoms with van der Waals surface area (Å²) in [7, 11) is 0. The lowest BCUT2D eigenvalue weighted by molar-refractivity contribution is -0.0136. The molecule has 0 radical (unpaired) electrons. The minimum atomic E-state index is -0.929. The molecule has 0 amide bonds. The van der Waals surface area contributed by atoms with Crippen molar-refractivity contribution >= 4 is 11.5 Å². The van der Waals surface area contributed by atoms with Crippen molar-refractivity contribution in [2.45, 2.75) is 90.5 Å². The second-order valence-electron chi connectivity index (χ2n) is 11.8. The maximum atomic E-state index is 13.7. The van der Waals surface area contributed by atoms with Gasteiger partial charge in [-0.2, -0.15) is 0 Å². The number of carboxylic acids is 1. The van der Waals surface area contributed by atoms with Gasteiger partial charge in [-0.3, -0.25) is 4.90 Å². The third kappa shape index (κ3) is 9.88. The summed E-state index contributed by atoms with van der Waals surface area (Å²) in [5, 5.41) is 20.3. The maximum Gasteiger partial charge on any atom is 0.335 e. The highest BCUT2D eigenvalue weighted by atomic mass is 19.1. The van der Waals surface area contributed by atoms with E-state index in [1.807, 2.05) is 19.9 Å². The quantitative estimate of drug-likeness (QED) is 0.254. The summed E-state index contributed by atoms with van der Waals surface area (Å²) >= 11 is 0. The summed E-state index contributed by atoms with van der Waals surface area (Å²) in [5.41, 5.74) is 4.22. The number of hydrogen-bond acceptors (Lipinski definition) is 5. The Morgan fingerprint density at radius 3 is 2.57 bits per heavy atom. The topological polar surface area (TPSA) is 79.2 Å². The average Bonchev–Trinajstić information content (AvgIpc) is 3.18. The Bertz CT molecular complexity index is 1300. The van der Waals surface area contributed by atoms with Gasteiger partial charge >= 0.3 is 5.97 Å². The Hall–Kier alpha value is -3.26. The van der Waals surface area contributed by atoms with Gasteiger partial charge in [0.1, 0.15) is 23.9 Å². The molecule has 1 aliphatic heterocycles. The molecular formula is C37H48FNO5. The van der Waals surface area contributed by atoms with E-state index in [0.717, 1.165) is 80.4 Å². The van der Waals surface area contributed by atoms with Crippen LogP contribution in [0.25, 0.3) is 5.57 Å². The molecule has 1 heterocycles. The third-order valence-electron chi connectivity index (χ3n) is 8.59. The van der Waals surface area contributed by atoms with Crippen molar-refractivity contribution in [3.8, 4) is 0 Å². The zero-order valence-electron chi connectivity index (χ0n) is 26.2. The van der Waals surface area contributed by atoms with E-state index in [1.165, 1.54) is 24.1 Å². The first-order valence-electron chi connectivity index (χ1n) is 16.3. The third-order valence-corrected chi connectivity index (χ3v) is 8.59. The number of aliphatic hydroxyl groups is 1. The predicted octanol–water partition coefficient (Wildman–Crippen LogP) is 8.13. The van der Waals surface area contributed by atoms with Crippen molar-refractivity contribution < 1.29 is 28.9 Å².